The Balaban J connectivity index is 3.48. The number of hydrogen-bond acceptors (Lipinski definition) is 4. The van der Waals surface area contributed by atoms with E-state index >= 15 is 0 Å². The first kappa shape index (κ1) is 5.54. The van der Waals surface area contributed by atoms with Crippen molar-refractivity contribution in [2.75, 3.05) is 11.7 Å². The Morgan fingerprint density at radius 2 is 2.11 bits per heavy atom. The lowest BCUT2D eigenvalue weighted by Gasteiger charge is -1.86. The highest BCUT2D eigenvalue weighted by atomic mass is 16.3. The standard InChI is InChI=1S/C3H6N4O2/c4-6-1-2(8)7(5)3(6)9/h1,8H,4-5H2. The predicted octanol–water partition coefficient (Wildman–Crippen LogP) is -2.22. The fraction of sp³-hybridized carbons (Fsp3) is 0. The summed E-state index contributed by atoms with van der Waals surface area (Å²) in [5.41, 5.74) is -0.660. The highest BCUT2D eigenvalue weighted by molar-refractivity contribution is 5.04. The van der Waals surface area contributed by atoms with Gasteiger partial charge in [-0.3, -0.25) is 0 Å². The van der Waals surface area contributed by atoms with Crippen LogP contribution in [0.2, 0.25) is 0 Å². The fourth-order valence-electron chi connectivity index (χ4n) is 0.464. The minimum Gasteiger partial charge on any atom is -0.492 e. The molecule has 0 fully saturated rings. The van der Waals surface area contributed by atoms with E-state index in [0.29, 0.717) is 9.35 Å². The third-order valence-corrected chi connectivity index (χ3v) is 0.928. The lowest BCUT2D eigenvalue weighted by Crippen LogP contribution is -2.32. The molecular formula is C3H6N4O2. The van der Waals surface area contributed by atoms with E-state index < -0.39 is 5.69 Å². The normalized spacial score (nSPS) is 9.78. The molecule has 0 unspecified atom stereocenters. The van der Waals surface area contributed by atoms with Gasteiger partial charge in [0.05, 0.1) is 6.20 Å². The van der Waals surface area contributed by atoms with Gasteiger partial charge in [0.25, 0.3) is 0 Å². The van der Waals surface area contributed by atoms with Crippen LogP contribution in [0.1, 0.15) is 0 Å². The zero-order valence-electron chi connectivity index (χ0n) is 4.48. The summed E-state index contributed by atoms with van der Waals surface area (Å²) in [6.07, 6.45) is 1.02. The summed E-state index contributed by atoms with van der Waals surface area (Å²) in [6, 6.07) is 0. The molecule has 1 aromatic rings. The molecule has 1 rings (SSSR count). The van der Waals surface area contributed by atoms with Gasteiger partial charge in [0.15, 0.2) is 0 Å². The average molecular weight is 130 g/mol. The second-order valence-electron chi connectivity index (χ2n) is 1.55. The SMILES string of the molecule is Nn1cc(O)n(N)c1=O. The maximum Gasteiger partial charge on any atom is 0.368 e. The first-order valence-corrected chi connectivity index (χ1v) is 2.16. The van der Waals surface area contributed by atoms with Gasteiger partial charge in [0.1, 0.15) is 0 Å². The number of aromatic nitrogens is 2. The van der Waals surface area contributed by atoms with E-state index in [4.69, 9.17) is 16.8 Å². The fourth-order valence-corrected chi connectivity index (χ4v) is 0.464. The Bertz CT molecular complexity index is 272. The summed E-state index contributed by atoms with van der Waals surface area (Å²) in [7, 11) is 0. The molecule has 0 saturated heterocycles. The molecule has 6 nitrogen and oxygen atoms in total. The van der Waals surface area contributed by atoms with Gasteiger partial charge in [-0.25, -0.2) is 9.47 Å². The number of nitrogen functional groups attached to an aromatic ring is 2. The molecule has 1 heterocycles. The smallest absolute Gasteiger partial charge is 0.368 e. The molecule has 0 aliphatic rings. The highest BCUT2D eigenvalue weighted by Gasteiger charge is 2.01. The van der Waals surface area contributed by atoms with Crippen LogP contribution in [-0.4, -0.2) is 14.5 Å². The molecule has 0 radical (unpaired) electrons. The minimum absolute atomic E-state index is 0.359. The molecule has 50 valence electrons. The van der Waals surface area contributed by atoms with Crippen molar-refractivity contribution in [2.45, 2.75) is 0 Å². The molecule has 0 bridgehead atoms. The van der Waals surface area contributed by atoms with Gasteiger partial charge < -0.3 is 16.8 Å². The molecule has 5 N–H and O–H groups in total. The summed E-state index contributed by atoms with van der Waals surface area (Å²) in [6.45, 7) is 0. The Morgan fingerprint density at radius 3 is 2.22 bits per heavy atom. The lowest BCUT2D eigenvalue weighted by atomic mass is 10.9. The monoisotopic (exact) mass is 130 g/mol. The van der Waals surface area contributed by atoms with Crippen molar-refractivity contribution < 1.29 is 5.11 Å². The molecular weight excluding hydrogens is 124 g/mol. The van der Waals surface area contributed by atoms with Gasteiger partial charge in [0.2, 0.25) is 5.88 Å². The second-order valence-corrected chi connectivity index (χ2v) is 1.55. The zero-order valence-corrected chi connectivity index (χ0v) is 4.48. The van der Waals surface area contributed by atoms with Crippen molar-refractivity contribution in [3.63, 3.8) is 0 Å². The van der Waals surface area contributed by atoms with Crippen molar-refractivity contribution in [3.8, 4) is 5.88 Å². The van der Waals surface area contributed by atoms with E-state index in [9.17, 15) is 4.79 Å². The van der Waals surface area contributed by atoms with Crippen LogP contribution >= 0.6 is 0 Å². The Labute approximate surface area is 49.9 Å². The maximum absolute atomic E-state index is 10.5. The van der Waals surface area contributed by atoms with Crippen LogP contribution in [0, 0.1) is 0 Å². The summed E-state index contributed by atoms with van der Waals surface area (Å²) < 4.78 is 1.23. The Hall–Kier alpha value is -1.59. The number of nitrogens with zero attached hydrogens (tertiary/aromatic N) is 2. The van der Waals surface area contributed by atoms with Crippen LogP contribution in [0.15, 0.2) is 11.0 Å². The predicted molar refractivity (Wildman–Crippen MR) is 30.7 cm³/mol. The Kier molecular flexibility index (Phi) is 0.888. The third kappa shape index (κ3) is 0.600. The number of imidazole rings is 1. The van der Waals surface area contributed by atoms with E-state index in [1.54, 1.807) is 0 Å². The zero-order chi connectivity index (χ0) is 7.02. The molecule has 0 aliphatic heterocycles. The van der Waals surface area contributed by atoms with Gasteiger partial charge in [-0.05, 0) is 0 Å². The number of hydrogen-bond donors (Lipinski definition) is 3. The van der Waals surface area contributed by atoms with Gasteiger partial charge in [-0.1, -0.05) is 0 Å². The van der Waals surface area contributed by atoms with Crippen LogP contribution in [-0.2, 0) is 0 Å². The van der Waals surface area contributed by atoms with Crippen molar-refractivity contribution >= 4 is 0 Å². The first-order valence-electron chi connectivity index (χ1n) is 2.16. The van der Waals surface area contributed by atoms with Crippen molar-refractivity contribution in [3.05, 3.63) is 16.7 Å². The summed E-state index contributed by atoms with van der Waals surface area (Å²) in [4.78, 5) is 10.5. The summed E-state index contributed by atoms with van der Waals surface area (Å²) in [5.74, 6) is 9.58. The average Bonchev–Trinajstić information content (AvgIpc) is 1.98. The van der Waals surface area contributed by atoms with E-state index in [2.05, 4.69) is 0 Å². The maximum atomic E-state index is 10.5. The first-order chi connectivity index (χ1) is 4.13. The topological polar surface area (TPSA) is 99.2 Å². The van der Waals surface area contributed by atoms with Crippen LogP contribution in [0.3, 0.4) is 0 Å². The molecule has 6 heteroatoms. The molecule has 0 saturated carbocycles. The summed E-state index contributed by atoms with van der Waals surface area (Å²) in [5, 5.41) is 8.66. The second kappa shape index (κ2) is 1.44. The minimum atomic E-state index is -0.660. The largest absolute Gasteiger partial charge is 0.492 e. The molecule has 1 aromatic heterocycles. The Morgan fingerprint density at radius 1 is 1.56 bits per heavy atom. The molecule has 0 spiro atoms. The van der Waals surface area contributed by atoms with E-state index in [0.717, 1.165) is 6.20 Å². The lowest BCUT2D eigenvalue weighted by molar-refractivity contribution is 0.436. The number of aromatic hydroxyl groups is 1. The van der Waals surface area contributed by atoms with Crippen molar-refractivity contribution in [2.24, 2.45) is 0 Å². The molecule has 0 atom stereocenters. The van der Waals surface area contributed by atoms with Gasteiger partial charge in [-0.2, -0.15) is 4.68 Å². The van der Waals surface area contributed by atoms with Gasteiger partial charge in [-0.15, -0.1) is 0 Å². The van der Waals surface area contributed by atoms with Crippen molar-refractivity contribution in [1.29, 1.82) is 0 Å². The van der Waals surface area contributed by atoms with E-state index in [-0.39, 0.29) is 5.88 Å². The molecule has 0 aromatic carbocycles. The quantitative estimate of drug-likeness (QED) is 0.346. The summed E-state index contributed by atoms with van der Waals surface area (Å²) >= 11 is 0. The molecule has 0 aliphatic carbocycles. The van der Waals surface area contributed by atoms with E-state index in [1.807, 2.05) is 0 Å². The van der Waals surface area contributed by atoms with Crippen molar-refractivity contribution in [1.82, 2.24) is 9.35 Å². The van der Waals surface area contributed by atoms with E-state index in [1.165, 1.54) is 0 Å². The van der Waals surface area contributed by atoms with Crippen LogP contribution in [0.25, 0.3) is 0 Å². The van der Waals surface area contributed by atoms with Crippen LogP contribution in [0.4, 0.5) is 0 Å². The third-order valence-electron chi connectivity index (χ3n) is 0.928. The number of rotatable bonds is 0. The van der Waals surface area contributed by atoms with Crippen LogP contribution in [0.5, 0.6) is 5.88 Å². The van der Waals surface area contributed by atoms with Crippen LogP contribution < -0.4 is 17.4 Å². The molecule has 9 heavy (non-hydrogen) atoms. The highest BCUT2D eigenvalue weighted by Crippen LogP contribution is 1.96. The van der Waals surface area contributed by atoms with Gasteiger partial charge in [0, 0.05) is 0 Å². The number of nitrogens with two attached hydrogens (primary N) is 2. The molecule has 0 amide bonds. The van der Waals surface area contributed by atoms with Gasteiger partial charge >= 0.3 is 5.69 Å².